The van der Waals surface area contributed by atoms with Gasteiger partial charge in [0.25, 0.3) is 0 Å². The Morgan fingerprint density at radius 2 is 1.90 bits per heavy atom. The van der Waals surface area contributed by atoms with Gasteiger partial charge in [0, 0.05) is 19.0 Å². The lowest BCUT2D eigenvalue weighted by atomic mass is 10.1. The Labute approximate surface area is 128 Å². The number of rotatable bonds is 4. The number of carbonyl (C=O) groups excluding carboxylic acids is 2. The maximum Gasteiger partial charge on any atom is 0.343 e. The van der Waals surface area contributed by atoms with Gasteiger partial charge in [0.1, 0.15) is 10.6 Å². The van der Waals surface area contributed by atoms with Gasteiger partial charge in [-0.05, 0) is 32.1 Å². The molecule has 1 aliphatic heterocycles. The lowest BCUT2D eigenvalue weighted by Crippen LogP contribution is -2.30. The zero-order valence-electron chi connectivity index (χ0n) is 12.2. The molecule has 0 atom stereocenters. The number of piperidine rings is 1. The molecular formula is C15H20N2O3S. The van der Waals surface area contributed by atoms with Gasteiger partial charge < -0.3 is 15.4 Å². The number of ketones is 1. The second kappa shape index (κ2) is 5.67. The molecule has 1 saturated heterocycles. The van der Waals surface area contributed by atoms with E-state index < -0.39 is 5.97 Å². The predicted octanol–water partition coefficient (Wildman–Crippen LogP) is 2.70. The number of hydrogen-bond donors (Lipinski definition) is 1. The van der Waals surface area contributed by atoms with Gasteiger partial charge >= 0.3 is 5.97 Å². The first-order valence-corrected chi connectivity index (χ1v) is 8.25. The summed E-state index contributed by atoms with van der Waals surface area (Å²) in [6.45, 7) is 1.81. The first-order chi connectivity index (χ1) is 10.1. The number of nitrogen functional groups attached to an aromatic ring is 1. The molecule has 21 heavy (non-hydrogen) atoms. The van der Waals surface area contributed by atoms with Crippen molar-refractivity contribution >= 4 is 33.8 Å². The van der Waals surface area contributed by atoms with E-state index in [-0.39, 0.29) is 11.7 Å². The molecule has 3 rings (SSSR count). The number of Topliss-reactive ketones (excluding diaryl/α,β-unsaturated/α-hetero) is 1. The van der Waals surface area contributed by atoms with Crippen molar-refractivity contribution in [2.45, 2.75) is 32.1 Å². The van der Waals surface area contributed by atoms with Crippen LogP contribution in [-0.2, 0) is 4.74 Å². The average molecular weight is 308 g/mol. The largest absolute Gasteiger partial charge is 0.465 e. The minimum atomic E-state index is -0.445. The van der Waals surface area contributed by atoms with Crippen LogP contribution in [0.1, 0.15) is 52.1 Å². The van der Waals surface area contributed by atoms with Gasteiger partial charge in [-0.2, -0.15) is 0 Å². The molecule has 1 saturated carbocycles. The van der Waals surface area contributed by atoms with E-state index in [1.807, 2.05) is 0 Å². The molecule has 0 unspecified atom stereocenters. The Kier molecular flexibility index (Phi) is 3.89. The standard InChI is InChI=1S/C15H20N2O3S/c1-20-15(19)10-11(16)13(12(18)9-5-6-9)21-14(10)17-7-3-2-4-8-17/h9H,2-8,16H2,1H3. The molecule has 1 aromatic heterocycles. The summed E-state index contributed by atoms with van der Waals surface area (Å²) in [7, 11) is 1.35. The number of anilines is 2. The number of nitrogens with two attached hydrogens (primary N) is 1. The third-order valence-corrected chi connectivity index (χ3v) is 5.41. The summed E-state index contributed by atoms with van der Waals surface area (Å²) < 4.78 is 4.87. The first-order valence-electron chi connectivity index (χ1n) is 7.43. The molecule has 2 aliphatic rings. The van der Waals surface area contributed by atoms with Gasteiger partial charge in [-0.25, -0.2) is 4.79 Å². The molecule has 2 N–H and O–H groups in total. The lowest BCUT2D eigenvalue weighted by Gasteiger charge is -2.28. The van der Waals surface area contributed by atoms with Crippen LogP contribution in [0.5, 0.6) is 0 Å². The summed E-state index contributed by atoms with van der Waals surface area (Å²) in [6, 6.07) is 0. The highest BCUT2D eigenvalue weighted by Crippen LogP contribution is 2.44. The monoisotopic (exact) mass is 308 g/mol. The summed E-state index contributed by atoms with van der Waals surface area (Å²) in [5.74, 6) is -0.254. The fraction of sp³-hybridized carbons (Fsp3) is 0.600. The summed E-state index contributed by atoms with van der Waals surface area (Å²) in [5.41, 5.74) is 6.81. The van der Waals surface area contributed by atoms with E-state index >= 15 is 0 Å². The Morgan fingerprint density at radius 3 is 2.48 bits per heavy atom. The summed E-state index contributed by atoms with van der Waals surface area (Å²) >= 11 is 1.36. The van der Waals surface area contributed by atoms with Gasteiger partial charge in [0.15, 0.2) is 5.78 Å². The number of nitrogens with zero attached hydrogens (tertiary/aromatic N) is 1. The maximum atomic E-state index is 12.3. The van der Waals surface area contributed by atoms with Crippen molar-refractivity contribution in [1.82, 2.24) is 0 Å². The Bertz CT molecular complexity index is 572. The number of thiophene rings is 1. The third-order valence-electron chi connectivity index (χ3n) is 4.13. The molecule has 114 valence electrons. The normalized spacial score (nSPS) is 18.6. The van der Waals surface area contributed by atoms with E-state index in [0.29, 0.717) is 16.1 Å². The molecule has 6 heteroatoms. The average Bonchev–Trinajstić information content (AvgIpc) is 3.30. The molecule has 5 nitrogen and oxygen atoms in total. The topological polar surface area (TPSA) is 72.6 Å². The van der Waals surface area contributed by atoms with Crippen molar-refractivity contribution in [1.29, 1.82) is 0 Å². The zero-order valence-corrected chi connectivity index (χ0v) is 13.0. The molecule has 0 spiro atoms. The smallest absolute Gasteiger partial charge is 0.343 e. The fourth-order valence-electron chi connectivity index (χ4n) is 2.76. The van der Waals surface area contributed by atoms with Gasteiger partial charge in [-0.1, -0.05) is 0 Å². The van der Waals surface area contributed by atoms with Crippen LogP contribution in [0.3, 0.4) is 0 Å². The van der Waals surface area contributed by atoms with Crippen molar-refractivity contribution < 1.29 is 14.3 Å². The minimum Gasteiger partial charge on any atom is -0.465 e. The molecule has 0 bridgehead atoms. The van der Waals surface area contributed by atoms with Crippen LogP contribution in [0.25, 0.3) is 0 Å². The number of hydrogen-bond acceptors (Lipinski definition) is 6. The van der Waals surface area contributed by atoms with E-state index in [1.165, 1.54) is 24.9 Å². The van der Waals surface area contributed by atoms with Crippen molar-refractivity contribution in [2.75, 3.05) is 30.8 Å². The third kappa shape index (κ3) is 2.64. The van der Waals surface area contributed by atoms with Crippen LogP contribution < -0.4 is 10.6 Å². The first kappa shape index (κ1) is 14.4. The maximum absolute atomic E-state index is 12.3. The Morgan fingerprint density at radius 1 is 1.24 bits per heavy atom. The summed E-state index contributed by atoms with van der Waals surface area (Å²) in [5, 5.41) is 0.808. The second-order valence-electron chi connectivity index (χ2n) is 5.70. The van der Waals surface area contributed by atoms with E-state index in [0.717, 1.165) is 43.8 Å². The quantitative estimate of drug-likeness (QED) is 0.684. The highest BCUT2D eigenvalue weighted by Gasteiger charge is 2.36. The van der Waals surface area contributed by atoms with Crippen LogP contribution in [0.2, 0.25) is 0 Å². The van der Waals surface area contributed by atoms with Crippen molar-refractivity contribution in [2.24, 2.45) is 5.92 Å². The van der Waals surface area contributed by atoms with Gasteiger partial charge in [0.2, 0.25) is 0 Å². The lowest BCUT2D eigenvalue weighted by molar-refractivity contribution is 0.0603. The molecule has 0 radical (unpaired) electrons. The molecule has 0 aromatic carbocycles. The number of esters is 1. The van der Waals surface area contributed by atoms with E-state index in [4.69, 9.17) is 10.5 Å². The van der Waals surface area contributed by atoms with Crippen LogP contribution in [-0.4, -0.2) is 32.0 Å². The Hall–Kier alpha value is -1.56. The van der Waals surface area contributed by atoms with Gasteiger partial charge in [-0.15, -0.1) is 11.3 Å². The molecule has 2 fully saturated rings. The predicted molar refractivity (Wildman–Crippen MR) is 83.2 cm³/mol. The highest BCUT2D eigenvalue weighted by molar-refractivity contribution is 7.19. The molecular weight excluding hydrogens is 288 g/mol. The molecule has 1 aromatic rings. The highest BCUT2D eigenvalue weighted by atomic mass is 32.1. The minimum absolute atomic E-state index is 0.0888. The van der Waals surface area contributed by atoms with Crippen LogP contribution in [0.15, 0.2) is 0 Å². The second-order valence-corrected chi connectivity index (χ2v) is 6.70. The van der Waals surface area contributed by atoms with E-state index in [9.17, 15) is 9.59 Å². The van der Waals surface area contributed by atoms with Crippen LogP contribution in [0.4, 0.5) is 10.7 Å². The molecule has 2 heterocycles. The zero-order chi connectivity index (χ0) is 15.0. The number of methoxy groups -OCH3 is 1. The van der Waals surface area contributed by atoms with Gasteiger partial charge in [0.05, 0.1) is 17.7 Å². The number of carbonyl (C=O) groups is 2. The molecule has 0 amide bonds. The van der Waals surface area contributed by atoms with Crippen molar-refractivity contribution in [3.8, 4) is 0 Å². The Balaban J connectivity index is 2.01. The van der Waals surface area contributed by atoms with E-state index in [2.05, 4.69) is 4.90 Å². The van der Waals surface area contributed by atoms with Crippen LogP contribution >= 0.6 is 11.3 Å². The number of ether oxygens (including phenoxy) is 1. The summed E-state index contributed by atoms with van der Waals surface area (Å²) in [6.07, 6.45) is 5.28. The molecule has 1 aliphatic carbocycles. The van der Waals surface area contributed by atoms with Crippen molar-refractivity contribution in [3.63, 3.8) is 0 Å². The summed E-state index contributed by atoms with van der Waals surface area (Å²) in [4.78, 5) is 27.1. The SMILES string of the molecule is COC(=O)c1c(N2CCCCC2)sc(C(=O)C2CC2)c1N. The van der Waals surface area contributed by atoms with Crippen LogP contribution in [0, 0.1) is 5.92 Å². The van der Waals surface area contributed by atoms with E-state index in [1.54, 1.807) is 0 Å². The van der Waals surface area contributed by atoms with Gasteiger partial charge in [-0.3, -0.25) is 4.79 Å². The fourth-order valence-corrected chi connectivity index (χ4v) is 4.04. The van der Waals surface area contributed by atoms with Crippen molar-refractivity contribution in [3.05, 3.63) is 10.4 Å².